The van der Waals surface area contributed by atoms with Crippen LogP contribution in [0.15, 0.2) is 48.5 Å². The third-order valence-electron chi connectivity index (χ3n) is 4.53. The van der Waals surface area contributed by atoms with E-state index in [1.54, 1.807) is 23.1 Å². The van der Waals surface area contributed by atoms with Gasteiger partial charge in [0.1, 0.15) is 11.4 Å². The number of amides is 2. The van der Waals surface area contributed by atoms with Crippen molar-refractivity contribution in [3.8, 4) is 5.75 Å². The number of nitrogens with zero attached hydrogens (tertiary/aromatic N) is 1. The van der Waals surface area contributed by atoms with Gasteiger partial charge in [-0.25, -0.2) is 0 Å². The van der Waals surface area contributed by atoms with Crippen LogP contribution in [-0.2, 0) is 11.3 Å². The average molecular weight is 384 g/mol. The molecule has 0 fully saturated rings. The number of nitrogens with one attached hydrogen (secondary N) is 2. The predicted octanol–water partition coefficient (Wildman–Crippen LogP) is 2.97. The number of hydrogen-bond acceptors (Lipinski definition) is 3. The van der Waals surface area contributed by atoms with E-state index in [2.05, 4.69) is 10.3 Å². The van der Waals surface area contributed by atoms with Gasteiger partial charge in [0.15, 0.2) is 6.61 Å². The first-order valence-electron chi connectivity index (χ1n) is 8.65. The zero-order chi connectivity index (χ0) is 18.8. The summed E-state index contributed by atoms with van der Waals surface area (Å²) >= 11 is 5.98. The second-order valence-electron chi connectivity index (χ2n) is 6.38. The van der Waals surface area contributed by atoms with Crippen LogP contribution in [0.5, 0.6) is 5.75 Å². The minimum Gasteiger partial charge on any atom is -0.483 e. The Kier molecular flexibility index (Phi) is 4.73. The van der Waals surface area contributed by atoms with Crippen molar-refractivity contribution < 1.29 is 14.3 Å². The fourth-order valence-electron chi connectivity index (χ4n) is 3.13. The minimum atomic E-state index is -0.221. The Hall–Kier alpha value is -2.99. The summed E-state index contributed by atoms with van der Waals surface area (Å²) in [5.41, 5.74) is 2.27. The standard InChI is InChI=1S/C20H18ClN3O3/c21-15-5-6-16-14(9-15)10-17(23-16)20(26)22-7-8-24-11-13-3-1-2-4-18(13)27-12-19(24)25/h1-6,9-10,23H,7-8,11-12H2,(H,22,26). The Balaban J connectivity index is 1.38. The van der Waals surface area contributed by atoms with Crippen LogP contribution in [0.4, 0.5) is 0 Å². The lowest BCUT2D eigenvalue weighted by molar-refractivity contribution is -0.133. The van der Waals surface area contributed by atoms with Crippen molar-refractivity contribution in [3.05, 3.63) is 64.8 Å². The van der Waals surface area contributed by atoms with Crippen LogP contribution in [0.2, 0.25) is 5.02 Å². The molecule has 2 heterocycles. The minimum absolute atomic E-state index is 0.00768. The molecule has 1 aromatic heterocycles. The lowest BCUT2D eigenvalue weighted by Crippen LogP contribution is -2.39. The molecule has 138 valence electrons. The molecule has 0 unspecified atom stereocenters. The molecule has 7 heteroatoms. The van der Waals surface area contributed by atoms with Gasteiger partial charge >= 0.3 is 0 Å². The van der Waals surface area contributed by atoms with Crippen LogP contribution in [-0.4, -0.2) is 41.4 Å². The largest absolute Gasteiger partial charge is 0.483 e. The van der Waals surface area contributed by atoms with Gasteiger partial charge in [0.05, 0.1) is 0 Å². The number of rotatable bonds is 4. The molecule has 0 saturated carbocycles. The molecule has 2 aromatic carbocycles. The molecule has 0 spiro atoms. The topological polar surface area (TPSA) is 74.4 Å². The first kappa shape index (κ1) is 17.4. The third kappa shape index (κ3) is 3.75. The van der Waals surface area contributed by atoms with E-state index in [1.165, 1.54) is 0 Å². The van der Waals surface area contributed by atoms with Gasteiger partial charge in [0.2, 0.25) is 0 Å². The Morgan fingerprint density at radius 1 is 1.22 bits per heavy atom. The number of aromatic amines is 1. The summed E-state index contributed by atoms with van der Waals surface area (Å²) in [4.78, 5) is 29.4. The predicted molar refractivity (Wildman–Crippen MR) is 103 cm³/mol. The number of H-pyrrole nitrogens is 1. The first-order chi connectivity index (χ1) is 13.1. The SMILES string of the molecule is O=C(NCCN1Cc2ccccc2OCC1=O)c1cc2cc(Cl)ccc2[nH]1. The molecule has 6 nitrogen and oxygen atoms in total. The summed E-state index contributed by atoms with van der Waals surface area (Å²) in [6, 6.07) is 14.8. The molecule has 4 rings (SSSR count). The number of halogens is 1. The second-order valence-corrected chi connectivity index (χ2v) is 6.82. The number of para-hydroxylation sites is 1. The number of carbonyl (C=O) groups excluding carboxylic acids is 2. The molecular weight excluding hydrogens is 366 g/mol. The van der Waals surface area contributed by atoms with E-state index in [0.29, 0.717) is 30.4 Å². The lowest BCUT2D eigenvalue weighted by Gasteiger charge is -2.20. The van der Waals surface area contributed by atoms with Gasteiger partial charge in [0, 0.05) is 41.1 Å². The van der Waals surface area contributed by atoms with Gasteiger partial charge in [-0.15, -0.1) is 0 Å². The van der Waals surface area contributed by atoms with Crippen LogP contribution in [0, 0.1) is 0 Å². The molecule has 1 aliphatic rings. The maximum absolute atomic E-state index is 12.4. The Labute approximate surface area is 161 Å². The summed E-state index contributed by atoms with van der Waals surface area (Å²) in [5.74, 6) is 0.413. The number of aromatic nitrogens is 1. The summed E-state index contributed by atoms with van der Waals surface area (Å²) in [5, 5.41) is 4.35. The molecule has 0 bridgehead atoms. The van der Waals surface area contributed by atoms with Crippen molar-refractivity contribution in [1.29, 1.82) is 0 Å². The number of fused-ring (bicyclic) bond motifs is 2. The van der Waals surface area contributed by atoms with Crippen molar-refractivity contribution in [2.75, 3.05) is 19.7 Å². The van der Waals surface area contributed by atoms with Crippen LogP contribution >= 0.6 is 11.6 Å². The van der Waals surface area contributed by atoms with Gasteiger partial charge < -0.3 is 19.9 Å². The van der Waals surface area contributed by atoms with Crippen molar-refractivity contribution in [1.82, 2.24) is 15.2 Å². The molecule has 0 aliphatic carbocycles. The van der Waals surface area contributed by atoms with Gasteiger partial charge in [-0.05, 0) is 30.3 Å². The Morgan fingerprint density at radius 3 is 2.96 bits per heavy atom. The molecule has 1 aliphatic heterocycles. The highest BCUT2D eigenvalue weighted by molar-refractivity contribution is 6.31. The van der Waals surface area contributed by atoms with E-state index in [1.807, 2.05) is 30.3 Å². The van der Waals surface area contributed by atoms with Crippen molar-refractivity contribution in [2.45, 2.75) is 6.54 Å². The molecule has 3 aromatic rings. The Bertz CT molecular complexity index is 1010. The summed E-state index contributed by atoms with van der Waals surface area (Å²) in [7, 11) is 0. The monoisotopic (exact) mass is 383 g/mol. The van der Waals surface area contributed by atoms with E-state index < -0.39 is 0 Å². The van der Waals surface area contributed by atoms with Crippen LogP contribution in [0.3, 0.4) is 0 Å². The van der Waals surface area contributed by atoms with E-state index in [4.69, 9.17) is 16.3 Å². The zero-order valence-electron chi connectivity index (χ0n) is 14.5. The van der Waals surface area contributed by atoms with E-state index >= 15 is 0 Å². The number of benzene rings is 2. The van der Waals surface area contributed by atoms with Crippen molar-refractivity contribution >= 4 is 34.3 Å². The van der Waals surface area contributed by atoms with Crippen LogP contribution in [0.1, 0.15) is 16.1 Å². The van der Waals surface area contributed by atoms with Crippen LogP contribution in [0.25, 0.3) is 10.9 Å². The molecule has 2 N–H and O–H groups in total. The fraction of sp³-hybridized carbons (Fsp3) is 0.200. The smallest absolute Gasteiger partial charge is 0.267 e. The van der Waals surface area contributed by atoms with Gasteiger partial charge in [0.25, 0.3) is 11.8 Å². The molecular formula is C20H18ClN3O3. The van der Waals surface area contributed by atoms with Gasteiger partial charge in [-0.1, -0.05) is 29.8 Å². The molecule has 0 atom stereocenters. The van der Waals surface area contributed by atoms with E-state index in [0.717, 1.165) is 22.2 Å². The lowest BCUT2D eigenvalue weighted by atomic mass is 10.2. The molecule has 2 amide bonds. The zero-order valence-corrected chi connectivity index (χ0v) is 15.3. The van der Waals surface area contributed by atoms with Crippen LogP contribution < -0.4 is 10.1 Å². The van der Waals surface area contributed by atoms with Crippen molar-refractivity contribution in [3.63, 3.8) is 0 Å². The average Bonchev–Trinajstić information content (AvgIpc) is 3.02. The van der Waals surface area contributed by atoms with Gasteiger partial charge in [-0.3, -0.25) is 9.59 Å². The first-order valence-corrected chi connectivity index (χ1v) is 9.03. The second kappa shape index (κ2) is 7.32. The molecule has 0 radical (unpaired) electrons. The van der Waals surface area contributed by atoms with E-state index in [9.17, 15) is 9.59 Å². The number of ether oxygens (including phenoxy) is 1. The maximum atomic E-state index is 12.4. The highest BCUT2D eigenvalue weighted by atomic mass is 35.5. The molecule has 0 saturated heterocycles. The summed E-state index contributed by atoms with van der Waals surface area (Å²) in [6.45, 7) is 1.24. The highest BCUT2D eigenvalue weighted by Crippen LogP contribution is 2.23. The number of hydrogen-bond donors (Lipinski definition) is 2. The quantitative estimate of drug-likeness (QED) is 0.727. The highest BCUT2D eigenvalue weighted by Gasteiger charge is 2.21. The molecule has 27 heavy (non-hydrogen) atoms. The fourth-order valence-corrected chi connectivity index (χ4v) is 3.31. The number of carbonyl (C=O) groups is 2. The van der Waals surface area contributed by atoms with Crippen molar-refractivity contribution in [2.24, 2.45) is 0 Å². The van der Waals surface area contributed by atoms with Gasteiger partial charge in [-0.2, -0.15) is 0 Å². The third-order valence-corrected chi connectivity index (χ3v) is 4.77. The Morgan fingerprint density at radius 2 is 2.07 bits per heavy atom. The summed E-state index contributed by atoms with van der Waals surface area (Å²) in [6.07, 6.45) is 0. The van der Waals surface area contributed by atoms with E-state index in [-0.39, 0.29) is 18.4 Å². The normalized spacial score (nSPS) is 13.8. The maximum Gasteiger partial charge on any atom is 0.267 e. The summed E-state index contributed by atoms with van der Waals surface area (Å²) < 4.78 is 5.54.